The van der Waals surface area contributed by atoms with Crippen molar-refractivity contribution in [1.82, 2.24) is 4.98 Å². The van der Waals surface area contributed by atoms with E-state index < -0.39 is 0 Å². The van der Waals surface area contributed by atoms with E-state index in [1.165, 1.54) is 61.2 Å². The summed E-state index contributed by atoms with van der Waals surface area (Å²) in [6, 6.07) is 46.5. The number of anilines is 2. The van der Waals surface area contributed by atoms with E-state index in [2.05, 4.69) is 131 Å². The molecule has 5 aromatic carbocycles. The van der Waals surface area contributed by atoms with Gasteiger partial charge in [0.25, 0.3) is 0 Å². The largest absolute Gasteiger partial charge is 0.376 e. The van der Waals surface area contributed by atoms with E-state index in [9.17, 15) is 0 Å². The SMILES string of the molecule is c1cncc(-c2ccc(-c3ccc4c(c3)-c3ccccc3B3c5ccccc5-c5ccccc5N34)cc2)c1. The van der Waals surface area contributed by atoms with Crippen molar-refractivity contribution in [2.24, 2.45) is 0 Å². The van der Waals surface area contributed by atoms with Crippen LogP contribution in [0.4, 0.5) is 11.4 Å². The first-order valence-corrected chi connectivity index (χ1v) is 13.1. The van der Waals surface area contributed by atoms with Crippen LogP contribution in [0.2, 0.25) is 0 Å². The van der Waals surface area contributed by atoms with Crippen LogP contribution in [0.5, 0.6) is 0 Å². The Labute approximate surface area is 223 Å². The van der Waals surface area contributed by atoms with Crippen LogP contribution < -0.4 is 15.7 Å². The summed E-state index contributed by atoms with van der Waals surface area (Å²) in [4.78, 5) is 6.82. The van der Waals surface area contributed by atoms with Gasteiger partial charge >= 0.3 is 6.85 Å². The van der Waals surface area contributed by atoms with E-state index in [0.717, 1.165) is 5.56 Å². The van der Waals surface area contributed by atoms with E-state index in [-0.39, 0.29) is 6.85 Å². The van der Waals surface area contributed by atoms with Crippen LogP contribution in [0, 0.1) is 0 Å². The Morgan fingerprint density at radius 3 is 1.74 bits per heavy atom. The molecular weight excluding hydrogens is 459 g/mol. The molecule has 1 aromatic heterocycles. The smallest absolute Gasteiger partial charge is 0.329 e. The lowest BCUT2D eigenvalue weighted by molar-refractivity contribution is 1.33. The molecule has 0 radical (unpaired) electrons. The van der Waals surface area contributed by atoms with E-state index in [0.29, 0.717) is 0 Å². The van der Waals surface area contributed by atoms with Crippen LogP contribution in [0.25, 0.3) is 44.5 Å². The minimum Gasteiger partial charge on any atom is -0.376 e. The van der Waals surface area contributed by atoms with Crippen molar-refractivity contribution in [3.05, 3.63) is 140 Å². The summed E-state index contributed by atoms with van der Waals surface area (Å²) in [6.45, 7) is 0.148. The van der Waals surface area contributed by atoms with E-state index in [1.54, 1.807) is 0 Å². The molecular formula is C35H23BN2. The molecule has 0 saturated carbocycles. The first kappa shape index (κ1) is 21.2. The van der Waals surface area contributed by atoms with Gasteiger partial charge in [0.1, 0.15) is 0 Å². The number of aromatic nitrogens is 1. The average Bonchev–Trinajstić information content (AvgIpc) is 3.01. The van der Waals surface area contributed by atoms with Crippen molar-refractivity contribution >= 4 is 29.1 Å². The molecule has 38 heavy (non-hydrogen) atoms. The first-order chi connectivity index (χ1) is 18.9. The molecule has 0 amide bonds. The number of nitrogens with zero attached hydrogens (tertiary/aromatic N) is 2. The average molecular weight is 482 g/mol. The fourth-order valence-electron chi connectivity index (χ4n) is 6.26. The summed E-state index contributed by atoms with van der Waals surface area (Å²) < 4.78 is 0. The number of hydrogen-bond acceptors (Lipinski definition) is 2. The third-order valence-electron chi connectivity index (χ3n) is 7.98. The molecule has 0 spiro atoms. The predicted molar refractivity (Wildman–Crippen MR) is 160 cm³/mol. The molecule has 0 aliphatic carbocycles. The third kappa shape index (κ3) is 3.12. The van der Waals surface area contributed by atoms with Gasteiger partial charge in [-0.25, -0.2) is 0 Å². The van der Waals surface area contributed by atoms with E-state index in [1.807, 2.05) is 18.5 Å². The minimum absolute atomic E-state index is 0.148. The van der Waals surface area contributed by atoms with E-state index in [4.69, 9.17) is 0 Å². The summed E-state index contributed by atoms with van der Waals surface area (Å²) in [6.07, 6.45) is 3.72. The molecule has 0 N–H and O–H groups in total. The number of benzene rings is 5. The molecule has 0 fully saturated rings. The quantitative estimate of drug-likeness (QED) is 0.241. The molecule has 0 unspecified atom stereocenters. The molecule has 2 nitrogen and oxygen atoms in total. The summed E-state index contributed by atoms with van der Waals surface area (Å²) in [5.41, 5.74) is 15.2. The Morgan fingerprint density at radius 1 is 0.447 bits per heavy atom. The zero-order valence-electron chi connectivity index (χ0n) is 20.8. The Morgan fingerprint density at radius 2 is 1.03 bits per heavy atom. The highest BCUT2D eigenvalue weighted by Crippen LogP contribution is 2.46. The maximum absolute atomic E-state index is 4.27. The van der Waals surface area contributed by atoms with Crippen LogP contribution in [0.3, 0.4) is 0 Å². The fraction of sp³-hybridized carbons (Fsp3) is 0. The lowest BCUT2D eigenvalue weighted by Crippen LogP contribution is -2.59. The number of fused-ring (bicyclic) bond motifs is 11. The number of rotatable bonds is 2. The van der Waals surface area contributed by atoms with Crippen LogP contribution in [0.1, 0.15) is 0 Å². The molecule has 176 valence electrons. The monoisotopic (exact) mass is 482 g/mol. The molecule has 6 aromatic rings. The highest BCUT2D eigenvalue weighted by Gasteiger charge is 2.41. The van der Waals surface area contributed by atoms with Crippen molar-refractivity contribution in [2.45, 2.75) is 0 Å². The van der Waals surface area contributed by atoms with Crippen molar-refractivity contribution in [3.8, 4) is 44.5 Å². The molecule has 8 rings (SSSR count). The van der Waals surface area contributed by atoms with Gasteiger partial charge in [0.2, 0.25) is 0 Å². The Bertz CT molecular complexity index is 1830. The Balaban J connectivity index is 1.30. The van der Waals surface area contributed by atoms with Crippen LogP contribution in [-0.4, -0.2) is 11.8 Å². The van der Waals surface area contributed by atoms with Gasteiger partial charge in [-0.05, 0) is 68.6 Å². The number of pyridine rings is 1. The van der Waals surface area contributed by atoms with Gasteiger partial charge in [0, 0.05) is 34.9 Å². The highest BCUT2D eigenvalue weighted by molar-refractivity contribution is 6.92. The number of hydrogen-bond donors (Lipinski definition) is 0. The van der Waals surface area contributed by atoms with Gasteiger partial charge < -0.3 is 4.81 Å². The molecule has 3 heteroatoms. The molecule has 2 aliphatic rings. The third-order valence-corrected chi connectivity index (χ3v) is 7.98. The topological polar surface area (TPSA) is 16.1 Å². The second-order valence-electron chi connectivity index (χ2n) is 10.0. The second kappa shape index (κ2) is 8.32. The van der Waals surface area contributed by atoms with Gasteiger partial charge in [-0.15, -0.1) is 0 Å². The molecule has 3 heterocycles. The molecule has 2 aliphatic heterocycles. The van der Waals surface area contributed by atoms with Gasteiger partial charge in [-0.2, -0.15) is 0 Å². The zero-order valence-corrected chi connectivity index (χ0v) is 20.8. The first-order valence-electron chi connectivity index (χ1n) is 13.1. The summed E-state index contributed by atoms with van der Waals surface area (Å²) >= 11 is 0. The Hall–Kier alpha value is -4.89. The van der Waals surface area contributed by atoms with Gasteiger partial charge in [-0.3, -0.25) is 4.98 Å². The second-order valence-corrected chi connectivity index (χ2v) is 10.0. The summed E-state index contributed by atoms with van der Waals surface area (Å²) in [5.74, 6) is 0. The number of para-hydroxylation sites is 1. The standard InChI is InChI=1S/C35H23BN2/c1-4-12-32-28(9-1)30-11-3-6-14-34(30)38-35-20-19-26(22-31(35)29-10-2-5-13-33(29)36(32)38)24-15-17-25(18-16-24)27-8-7-21-37-23-27/h1-23H. The van der Waals surface area contributed by atoms with Crippen LogP contribution >= 0.6 is 0 Å². The van der Waals surface area contributed by atoms with E-state index >= 15 is 0 Å². The van der Waals surface area contributed by atoms with Gasteiger partial charge in [-0.1, -0.05) is 103 Å². The van der Waals surface area contributed by atoms with Gasteiger partial charge in [0.15, 0.2) is 0 Å². The van der Waals surface area contributed by atoms with Crippen molar-refractivity contribution < 1.29 is 0 Å². The van der Waals surface area contributed by atoms with Gasteiger partial charge in [0.05, 0.1) is 0 Å². The lowest BCUT2D eigenvalue weighted by Gasteiger charge is -2.43. The maximum atomic E-state index is 4.27. The highest BCUT2D eigenvalue weighted by atomic mass is 15.1. The van der Waals surface area contributed by atoms with Crippen LogP contribution in [0.15, 0.2) is 140 Å². The van der Waals surface area contributed by atoms with Crippen molar-refractivity contribution in [3.63, 3.8) is 0 Å². The molecule has 0 bridgehead atoms. The normalized spacial score (nSPS) is 12.6. The predicted octanol–water partition coefficient (Wildman–Crippen LogP) is 7.32. The fourth-order valence-corrected chi connectivity index (χ4v) is 6.26. The maximum Gasteiger partial charge on any atom is 0.329 e. The van der Waals surface area contributed by atoms with Crippen LogP contribution in [-0.2, 0) is 0 Å². The van der Waals surface area contributed by atoms with Crippen molar-refractivity contribution in [1.29, 1.82) is 0 Å². The minimum atomic E-state index is 0.148. The summed E-state index contributed by atoms with van der Waals surface area (Å²) in [7, 11) is 0. The molecule has 0 saturated heterocycles. The zero-order chi connectivity index (χ0) is 25.1. The summed E-state index contributed by atoms with van der Waals surface area (Å²) in [5, 5.41) is 0. The lowest BCUT2D eigenvalue weighted by atomic mass is 9.43. The molecule has 0 atom stereocenters. The Kier molecular flexibility index (Phi) is 4.65. The van der Waals surface area contributed by atoms with Crippen molar-refractivity contribution in [2.75, 3.05) is 4.81 Å².